The molecule has 0 aromatic heterocycles. The lowest BCUT2D eigenvalue weighted by molar-refractivity contribution is 0.473. The number of aromatic hydroxyl groups is 1. The Morgan fingerprint density at radius 3 is 1.80 bits per heavy atom. The lowest BCUT2D eigenvalue weighted by Gasteiger charge is -2.26. The van der Waals surface area contributed by atoms with Gasteiger partial charge in [-0.2, -0.15) is 0 Å². The van der Waals surface area contributed by atoms with Gasteiger partial charge in [0.15, 0.2) is 0 Å². The van der Waals surface area contributed by atoms with Gasteiger partial charge in [0.25, 0.3) is 10.0 Å². The van der Waals surface area contributed by atoms with Gasteiger partial charge in [-0.25, -0.2) is 8.42 Å². The first-order valence-electron chi connectivity index (χ1n) is 8.13. The number of hydrogen-bond donors (Lipinski definition) is 1. The summed E-state index contributed by atoms with van der Waals surface area (Å²) in [6, 6.07) is 13.7. The summed E-state index contributed by atoms with van der Waals surface area (Å²) in [6.45, 7) is 4.21. The minimum absolute atomic E-state index is 0.0124. The number of hydrogen-bond acceptors (Lipinski definition) is 3. The molecule has 0 fully saturated rings. The number of rotatable bonds is 7. The van der Waals surface area contributed by atoms with Gasteiger partial charge in [-0.1, -0.05) is 38.1 Å². The number of azide groups is 1. The van der Waals surface area contributed by atoms with Crippen molar-refractivity contribution in [1.82, 2.24) is 0 Å². The van der Waals surface area contributed by atoms with Crippen LogP contribution in [0.25, 0.3) is 10.4 Å². The van der Waals surface area contributed by atoms with Gasteiger partial charge in [0.05, 0.1) is 4.90 Å². The summed E-state index contributed by atoms with van der Waals surface area (Å²) in [6.07, 6.45) is 1.81. The van der Waals surface area contributed by atoms with Gasteiger partial charge in [0, 0.05) is 9.43 Å². The lowest BCUT2D eigenvalue weighted by atomic mass is 9.78. The first-order valence-corrected chi connectivity index (χ1v) is 9.57. The van der Waals surface area contributed by atoms with Gasteiger partial charge in [-0.15, -0.1) is 0 Å². The molecule has 132 valence electrons. The fourth-order valence-corrected chi connectivity index (χ4v) is 3.88. The van der Waals surface area contributed by atoms with Crippen molar-refractivity contribution in [2.24, 2.45) is 4.52 Å². The second-order valence-corrected chi connectivity index (χ2v) is 7.42. The van der Waals surface area contributed by atoms with Crippen LogP contribution in [0, 0.1) is 0 Å². The van der Waals surface area contributed by atoms with Crippen molar-refractivity contribution >= 4 is 10.0 Å². The second-order valence-electron chi connectivity index (χ2n) is 5.84. The summed E-state index contributed by atoms with van der Waals surface area (Å²) < 4.78 is 26.4. The molecule has 6 nitrogen and oxygen atoms in total. The van der Waals surface area contributed by atoms with E-state index >= 15 is 0 Å². The fraction of sp³-hybridized carbons (Fsp3) is 0.333. The predicted molar refractivity (Wildman–Crippen MR) is 96.9 cm³/mol. The highest BCUT2D eigenvalue weighted by molar-refractivity contribution is 7.90. The third-order valence-corrected chi connectivity index (χ3v) is 5.59. The van der Waals surface area contributed by atoms with Crippen molar-refractivity contribution < 1.29 is 13.5 Å². The molecule has 2 atom stereocenters. The summed E-state index contributed by atoms with van der Waals surface area (Å²) >= 11 is 0. The van der Waals surface area contributed by atoms with Crippen molar-refractivity contribution in [3.05, 3.63) is 70.1 Å². The van der Waals surface area contributed by atoms with Crippen molar-refractivity contribution in [1.29, 1.82) is 0 Å². The molecule has 2 rings (SSSR count). The molecule has 0 aliphatic heterocycles. The molecular weight excluding hydrogens is 338 g/mol. The third kappa shape index (κ3) is 4.32. The van der Waals surface area contributed by atoms with Crippen LogP contribution in [-0.4, -0.2) is 13.5 Å². The highest BCUT2D eigenvalue weighted by Gasteiger charge is 2.22. The summed E-state index contributed by atoms with van der Waals surface area (Å²) in [5.41, 5.74) is 10.5. The first kappa shape index (κ1) is 18.8. The van der Waals surface area contributed by atoms with Crippen LogP contribution in [0.3, 0.4) is 0 Å². The van der Waals surface area contributed by atoms with E-state index in [-0.39, 0.29) is 22.5 Å². The maximum Gasteiger partial charge on any atom is 0.264 e. The quantitative estimate of drug-likeness (QED) is 0.423. The molecule has 0 aliphatic rings. The molecule has 0 saturated carbocycles. The van der Waals surface area contributed by atoms with Crippen LogP contribution in [0.15, 0.2) is 57.9 Å². The maximum absolute atomic E-state index is 11.8. The average Bonchev–Trinajstić information content (AvgIpc) is 2.61. The van der Waals surface area contributed by atoms with Crippen molar-refractivity contribution in [2.75, 3.05) is 0 Å². The molecule has 0 amide bonds. The number of sulfonamides is 1. The molecule has 25 heavy (non-hydrogen) atoms. The number of benzene rings is 2. The molecule has 0 radical (unpaired) electrons. The van der Waals surface area contributed by atoms with Gasteiger partial charge < -0.3 is 5.11 Å². The van der Waals surface area contributed by atoms with Crippen LogP contribution >= 0.6 is 0 Å². The molecule has 0 heterocycles. The van der Waals surface area contributed by atoms with E-state index in [4.69, 9.17) is 5.53 Å². The van der Waals surface area contributed by atoms with E-state index in [1.54, 1.807) is 24.3 Å². The zero-order chi connectivity index (χ0) is 18.4. The molecule has 7 heteroatoms. The van der Waals surface area contributed by atoms with Crippen LogP contribution in [0.4, 0.5) is 0 Å². The average molecular weight is 359 g/mol. The molecule has 0 spiro atoms. The highest BCUT2D eigenvalue weighted by Crippen LogP contribution is 2.38. The van der Waals surface area contributed by atoms with Crippen LogP contribution in [-0.2, 0) is 10.0 Å². The minimum Gasteiger partial charge on any atom is -0.508 e. The molecular formula is C18H21N3O3S. The van der Waals surface area contributed by atoms with Crippen LogP contribution in [0.2, 0.25) is 0 Å². The maximum atomic E-state index is 11.8. The summed E-state index contributed by atoms with van der Waals surface area (Å²) in [5.74, 6) is 0.704. The van der Waals surface area contributed by atoms with Crippen molar-refractivity contribution in [3.63, 3.8) is 0 Å². The summed E-state index contributed by atoms with van der Waals surface area (Å²) in [4.78, 5) is 2.35. The van der Waals surface area contributed by atoms with Gasteiger partial charge in [0.2, 0.25) is 0 Å². The smallest absolute Gasteiger partial charge is 0.264 e. The molecule has 2 aromatic carbocycles. The third-order valence-electron chi connectivity index (χ3n) is 4.44. The number of nitrogens with zero attached hydrogens (tertiary/aromatic N) is 3. The van der Waals surface area contributed by atoms with E-state index in [9.17, 15) is 13.5 Å². The van der Waals surface area contributed by atoms with Crippen LogP contribution in [0.5, 0.6) is 5.75 Å². The van der Waals surface area contributed by atoms with Gasteiger partial charge in [-0.3, -0.25) is 0 Å². The highest BCUT2D eigenvalue weighted by atomic mass is 32.2. The minimum atomic E-state index is -3.96. The largest absolute Gasteiger partial charge is 0.508 e. The topological polar surface area (TPSA) is 103 Å². The van der Waals surface area contributed by atoms with Crippen molar-refractivity contribution in [3.8, 4) is 5.75 Å². The standard InChI is InChI=1S/C18H21N3O3S/c1-3-17(13-5-9-15(22)10-6-13)18(4-2)14-7-11-16(12-8-14)25(23,24)21-20-19/h5-12,17-18,22H,3-4H2,1-2H3/t17-,18+/m1/s1. The van der Waals surface area contributed by atoms with Crippen LogP contribution in [0.1, 0.15) is 49.7 Å². The molecule has 0 aliphatic carbocycles. The van der Waals surface area contributed by atoms with E-state index in [0.29, 0.717) is 0 Å². The fourth-order valence-electron chi connectivity index (χ4n) is 3.21. The summed E-state index contributed by atoms with van der Waals surface area (Å²) in [7, 11) is -3.96. The van der Waals surface area contributed by atoms with E-state index in [2.05, 4.69) is 23.3 Å². The van der Waals surface area contributed by atoms with Crippen molar-refractivity contribution in [2.45, 2.75) is 43.4 Å². The molecule has 0 bridgehead atoms. The zero-order valence-electron chi connectivity index (χ0n) is 14.2. The molecule has 2 aromatic rings. The number of phenols is 1. The Morgan fingerprint density at radius 2 is 1.40 bits per heavy atom. The Labute approximate surface area is 147 Å². The SMILES string of the molecule is CC[C@H](c1ccc(O)cc1)[C@@H](CC)c1ccc(S(=O)(=O)N=[N+]=[N-])cc1. The Balaban J connectivity index is 2.36. The number of phenolic OH excluding ortho intramolecular Hbond substituents is 1. The normalized spacial score (nSPS) is 13.7. The Morgan fingerprint density at radius 1 is 0.960 bits per heavy atom. The second kappa shape index (κ2) is 8.05. The summed E-state index contributed by atoms with van der Waals surface area (Å²) in [5, 5.41) is 9.48. The van der Waals surface area contributed by atoms with Gasteiger partial charge in [0.1, 0.15) is 5.75 Å². The molecule has 0 saturated heterocycles. The molecule has 1 N–H and O–H groups in total. The molecule has 0 unspecified atom stereocenters. The Hall–Kier alpha value is -2.50. The monoisotopic (exact) mass is 359 g/mol. The predicted octanol–water partition coefficient (Wildman–Crippen LogP) is 5.08. The van der Waals surface area contributed by atoms with E-state index < -0.39 is 10.0 Å². The zero-order valence-corrected chi connectivity index (χ0v) is 15.0. The van der Waals surface area contributed by atoms with Gasteiger partial charge >= 0.3 is 0 Å². The first-order chi connectivity index (χ1) is 11.9. The Bertz CT molecular complexity index is 855. The van der Waals surface area contributed by atoms with E-state index in [1.807, 2.05) is 12.1 Å². The van der Waals surface area contributed by atoms with Crippen LogP contribution < -0.4 is 0 Å². The van der Waals surface area contributed by atoms with E-state index in [1.165, 1.54) is 12.1 Å². The Kier molecular flexibility index (Phi) is 6.07. The van der Waals surface area contributed by atoms with E-state index in [0.717, 1.165) is 24.0 Å². The lowest BCUT2D eigenvalue weighted by Crippen LogP contribution is -2.10. The van der Waals surface area contributed by atoms with Gasteiger partial charge in [-0.05, 0) is 65.6 Å².